The zero-order valence-electron chi connectivity index (χ0n) is 16.2. The van der Waals surface area contributed by atoms with Crippen LogP contribution in [0.15, 0.2) is 65.7 Å². The monoisotopic (exact) mass is 373 g/mol. The van der Waals surface area contributed by atoms with E-state index in [-0.39, 0.29) is 12.3 Å². The molecule has 4 nitrogen and oxygen atoms in total. The molecule has 0 atom stereocenters. The van der Waals surface area contributed by atoms with Crippen molar-refractivity contribution >= 4 is 17.7 Å². The largest absolute Gasteiger partial charge is 0.367 e. The van der Waals surface area contributed by atoms with E-state index >= 15 is 0 Å². The third-order valence-electron chi connectivity index (χ3n) is 5.51. The smallest absolute Gasteiger partial charge is 0.185 e. The molecule has 2 aliphatic rings. The van der Waals surface area contributed by atoms with Crippen molar-refractivity contribution in [3.8, 4) is 0 Å². The van der Waals surface area contributed by atoms with Crippen molar-refractivity contribution in [2.45, 2.75) is 25.3 Å². The molecule has 4 rings (SSSR count). The first kappa shape index (κ1) is 18.6. The summed E-state index contributed by atoms with van der Waals surface area (Å²) in [6.45, 7) is 3.57. The molecule has 0 aromatic heterocycles. The maximum Gasteiger partial charge on any atom is 0.185 e. The van der Waals surface area contributed by atoms with Gasteiger partial charge < -0.3 is 10.2 Å². The Balaban J connectivity index is 1.24. The summed E-state index contributed by atoms with van der Waals surface area (Å²) < 4.78 is 0. The number of ketones is 1. The van der Waals surface area contributed by atoms with Crippen LogP contribution in [0.1, 0.15) is 40.7 Å². The quantitative estimate of drug-likeness (QED) is 0.867. The minimum atomic E-state index is 0.111. The molecule has 0 spiro atoms. The van der Waals surface area contributed by atoms with Crippen molar-refractivity contribution in [2.75, 3.05) is 26.2 Å². The van der Waals surface area contributed by atoms with Crippen molar-refractivity contribution in [1.29, 1.82) is 0 Å². The second kappa shape index (κ2) is 8.98. The van der Waals surface area contributed by atoms with Crippen molar-refractivity contribution in [2.24, 2.45) is 4.99 Å². The lowest BCUT2D eigenvalue weighted by Crippen LogP contribution is -2.46. The first-order valence-corrected chi connectivity index (χ1v) is 10.2. The second-order valence-electron chi connectivity index (χ2n) is 7.50. The highest BCUT2D eigenvalue weighted by molar-refractivity contribution is 6.14. The summed E-state index contributed by atoms with van der Waals surface area (Å²) in [5.74, 6) is 0.999. The van der Waals surface area contributed by atoms with Gasteiger partial charge >= 0.3 is 0 Å². The van der Waals surface area contributed by atoms with Crippen LogP contribution in [0.25, 0.3) is 6.08 Å². The van der Waals surface area contributed by atoms with Gasteiger partial charge in [0.25, 0.3) is 0 Å². The standard InChI is InChI=1S/C24H27N3O/c28-23-18-25-24(22-12-5-4-11-21(22)23)26-20-13-16-27(17-14-20)15-7-6-10-19-8-2-1-3-9-19/h1-6,8-12,20H,7,13-18H2,(H,25,26)/b10-6+. The van der Waals surface area contributed by atoms with Gasteiger partial charge in [0, 0.05) is 36.8 Å². The third-order valence-corrected chi connectivity index (χ3v) is 5.51. The summed E-state index contributed by atoms with van der Waals surface area (Å²) in [6.07, 6.45) is 7.77. The fourth-order valence-corrected chi connectivity index (χ4v) is 3.91. The molecular weight excluding hydrogens is 346 g/mol. The Morgan fingerprint density at radius 3 is 2.50 bits per heavy atom. The van der Waals surface area contributed by atoms with Crippen LogP contribution in [0, 0.1) is 0 Å². The summed E-state index contributed by atoms with van der Waals surface area (Å²) in [5.41, 5.74) is 3.01. The van der Waals surface area contributed by atoms with E-state index < -0.39 is 0 Å². The van der Waals surface area contributed by atoms with Crippen LogP contribution in [0.3, 0.4) is 0 Å². The van der Waals surface area contributed by atoms with Crippen LogP contribution in [-0.4, -0.2) is 48.7 Å². The number of likely N-dealkylation sites (tertiary alicyclic amines) is 1. The van der Waals surface area contributed by atoms with Gasteiger partial charge in [-0.25, -0.2) is 0 Å². The van der Waals surface area contributed by atoms with Gasteiger partial charge in [-0.1, -0.05) is 66.7 Å². The van der Waals surface area contributed by atoms with Gasteiger partial charge in [-0.05, 0) is 24.8 Å². The molecule has 2 aromatic carbocycles. The summed E-state index contributed by atoms with van der Waals surface area (Å²) in [5, 5.41) is 3.60. The van der Waals surface area contributed by atoms with Crippen molar-refractivity contribution in [1.82, 2.24) is 10.2 Å². The number of piperidine rings is 1. The number of nitrogens with zero attached hydrogens (tertiary/aromatic N) is 2. The zero-order chi connectivity index (χ0) is 19.2. The van der Waals surface area contributed by atoms with Crippen molar-refractivity contribution < 1.29 is 4.79 Å². The first-order chi connectivity index (χ1) is 13.8. The molecule has 1 saturated heterocycles. The fourth-order valence-electron chi connectivity index (χ4n) is 3.91. The molecule has 2 aliphatic heterocycles. The molecule has 0 radical (unpaired) electrons. The predicted molar refractivity (Wildman–Crippen MR) is 115 cm³/mol. The minimum Gasteiger partial charge on any atom is -0.367 e. The fraction of sp³-hybridized carbons (Fsp3) is 0.333. The van der Waals surface area contributed by atoms with Crippen LogP contribution in [0.4, 0.5) is 0 Å². The Labute approximate surface area is 167 Å². The molecule has 2 aromatic rings. The van der Waals surface area contributed by atoms with E-state index in [9.17, 15) is 4.79 Å². The Morgan fingerprint density at radius 2 is 1.71 bits per heavy atom. The van der Waals surface area contributed by atoms with Gasteiger partial charge in [0.15, 0.2) is 5.78 Å². The summed E-state index contributed by atoms with van der Waals surface area (Å²) in [6, 6.07) is 18.7. The Hall–Kier alpha value is -2.72. The van der Waals surface area contributed by atoms with Gasteiger partial charge in [-0.2, -0.15) is 0 Å². The third kappa shape index (κ3) is 4.57. The van der Waals surface area contributed by atoms with Gasteiger partial charge in [-0.15, -0.1) is 0 Å². The van der Waals surface area contributed by atoms with E-state index in [0.29, 0.717) is 6.04 Å². The number of fused-ring (bicyclic) bond motifs is 1. The molecule has 0 unspecified atom stereocenters. The first-order valence-electron chi connectivity index (χ1n) is 10.2. The lowest BCUT2D eigenvalue weighted by atomic mass is 9.98. The van der Waals surface area contributed by atoms with E-state index in [4.69, 9.17) is 0 Å². The number of amidine groups is 1. The minimum absolute atomic E-state index is 0.111. The van der Waals surface area contributed by atoms with Gasteiger partial charge in [0.2, 0.25) is 0 Å². The zero-order valence-corrected chi connectivity index (χ0v) is 16.2. The molecule has 1 N–H and O–H groups in total. The number of carbonyl (C=O) groups excluding carboxylic acids is 1. The number of carbonyl (C=O) groups is 1. The highest BCUT2D eigenvalue weighted by atomic mass is 16.1. The van der Waals surface area contributed by atoms with Crippen LogP contribution < -0.4 is 5.32 Å². The van der Waals surface area contributed by atoms with Gasteiger partial charge in [-0.3, -0.25) is 9.79 Å². The average Bonchev–Trinajstić information content (AvgIpc) is 2.75. The van der Waals surface area contributed by atoms with Crippen LogP contribution >= 0.6 is 0 Å². The number of Topliss-reactive ketones (excluding diaryl/α,β-unsaturated/α-hetero) is 1. The molecular formula is C24H27N3O. The molecule has 1 fully saturated rings. The van der Waals surface area contributed by atoms with Crippen LogP contribution in [0.2, 0.25) is 0 Å². The van der Waals surface area contributed by atoms with Crippen molar-refractivity contribution in [3.05, 3.63) is 77.4 Å². The number of aliphatic imine (C=N–C) groups is 1. The molecule has 0 saturated carbocycles. The second-order valence-corrected chi connectivity index (χ2v) is 7.50. The topological polar surface area (TPSA) is 44.7 Å². The van der Waals surface area contributed by atoms with E-state index in [1.54, 1.807) is 0 Å². The molecule has 144 valence electrons. The molecule has 0 bridgehead atoms. The average molecular weight is 374 g/mol. The summed E-state index contributed by atoms with van der Waals surface area (Å²) in [7, 11) is 0. The van der Waals surface area contributed by atoms with E-state index in [1.165, 1.54) is 5.56 Å². The molecule has 0 amide bonds. The Morgan fingerprint density at radius 1 is 1.00 bits per heavy atom. The molecule has 2 heterocycles. The molecule has 4 heteroatoms. The van der Waals surface area contributed by atoms with Crippen molar-refractivity contribution in [3.63, 3.8) is 0 Å². The maximum absolute atomic E-state index is 12.0. The van der Waals surface area contributed by atoms with Crippen LogP contribution in [0.5, 0.6) is 0 Å². The number of hydrogen-bond acceptors (Lipinski definition) is 4. The SMILES string of the molecule is O=C1CN=C(NC2CCN(CC/C=C/c3ccccc3)CC2)c2ccccc21. The lowest BCUT2D eigenvalue weighted by Gasteiger charge is -2.33. The predicted octanol–water partition coefficient (Wildman–Crippen LogP) is 3.79. The van der Waals surface area contributed by atoms with Crippen LogP contribution in [-0.2, 0) is 0 Å². The summed E-state index contributed by atoms with van der Waals surface area (Å²) in [4.78, 5) is 19.1. The highest BCUT2D eigenvalue weighted by Gasteiger charge is 2.24. The lowest BCUT2D eigenvalue weighted by molar-refractivity contribution is 0.0999. The number of hydrogen-bond donors (Lipinski definition) is 1. The van der Waals surface area contributed by atoms with E-state index in [2.05, 4.69) is 51.6 Å². The number of benzene rings is 2. The highest BCUT2D eigenvalue weighted by Crippen LogP contribution is 2.17. The number of rotatable bonds is 5. The Bertz CT molecular complexity index is 864. The van der Waals surface area contributed by atoms with E-state index in [0.717, 1.165) is 55.9 Å². The van der Waals surface area contributed by atoms with Gasteiger partial charge in [0.05, 0.1) is 0 Å². The molecule has 28 heavy (non-hydrogen) atoms. The number of nitrogens with one attached hydrogen (secondary N) is 1. The molecule has 0 aliphatic carbocycles. The van der Waals surface area contributed by atoms with E-state index in [1.807, 2.05) is 30.3 Å². The normalized spacial score (nSPS) is 18.1. The summed E-state index contributed by atoms with van der Waals surface area (Å²) >= 11 is 0. The van der Waals surface area contributed by atoms with Gasteiger partial charge in [0.1, 0.15) is 12.4 Å². The maximum atomic E-state index is 12.0. The Kier molecular flexibility index (Phi) is 5.98.